The van der Waals surface area contributed by atoms with Gasteiger partial charge in [-0.1, -0.05) is 36.4 Å². The van der Waals surface area contributed by atoms with Crippen molar-refractivity contribution in [3.63, 3.8) is 0 Å². The van der Waals surface area contributed by atoms with E-state index in [4.69, 9.17) is 4.74 Å². The summed E-state index contributed by atoms with van der Waals surface area (Å²) in [6.45, 7) is 2.48. The number of aromatic nitrogens is 1. The second-order valence-corrected chi connectivity index (χ2v) is 9.25. The lowest BCUT2D eigenvalue weighted by atomic mass is 10.1. The highest BCUT2D eigenvalue weighted by Crippen LogP contribution is 2.24. The van der Waals surface area contributed by atoms with Crippen LogP contribution < -0.4 is 9.54 Å². The molecule has 6 nitrogen and oxygen atoms in total. The van der Waals surface area contributed by atoms with Gasteiger partial charge in [0.1, 0.15) is 5.75 Å². The average Bonchev–Trinajstić information content (AvgIpc) is 3.22. The first-order valence-corrected chi connectivity index (χ1v) is 12.2. The van der Waals surface area contributed by atoms with Crippen molar-refractivity contribution < 1.29 is 17.9 Å². The molecule has 0 atom stereocenters. The summed E-state index contributed by atoms with van der Waals surface area (Å²) < 4.78 is 36.6. The van der Waals surface area contributed by atoms with E-state index in [9.17, 15) is 13.2 Å². The van der Waals surface area contributed by atoms with Crippen molar-refractivity contribution in [2.75, 3.05) is 0 Å². The Morgan fingerprint density at radius 2 is 1.56 bits per heavy atom. The van der Waals surface area contributed by atoms with E-state index in [2.05, 4.69) is 4.40 Å². The maximum atomic E-state index is 12.7. The molecule has 162 valence electrons. The first-order valence-electron chi connectivity index (χ1n) is 9.90. The van der Waals surface area contributed by atoms with Gasteiger partial charge in [-0.05, 0) is 61.0 Å². The minimum absolute atomic E-state index is 0.155. The molecule has 0 saturated carbocycles. The molecule has 0 aliphatic heterocycles. The number of hydrogen-bond donors (Lipinski definition) is 0. The van der Waals surface area contributed by atoms with Crippen LogP contribution >= 0.6 is 11.3 Å². The van der Waals surface area contributed by atoms with Gasteiger partial charge in [0.2, 0.25) is 4.80 Å². The Hall–Kier alpha value is -3.49. The van der Waals surface area contributed by atoms with E-state index in [1.54, 1.807) is 54.6 Å². The number of rotatable bonds is 6. The number of carbonyl (C=O) groups excluding carboxylic acids is 1. The van der Waals surface area contributed by atoms with Crippen LogP contribution in [0.4, 0.5) is 0 Å². The number of nitrogens with zero attached hydrogens (tertiary/aromatic N) is 2. The smallest absolute Gasteiger partial charge is 0.343 e. The molecule has 0 spiro atoms. The van der Waals surface area contributed by atoms with Gasteiger partial charge in [0.15, 0.2) is 0 Å². The zero-order chi connectivity index (χ0) is 22.6. The fraction of sp³-hybridized carbons (Fsp3) is 0.0833. The Morgan fingerprint density at radius 3 is 2.19 bits per heavy atom. The van der Waals surface area contributed by atoms with E-state index >= 15 is 0 Å². The van der Waals surface area contributed by atoms with Gasteiger partial charge >= 0.3 is 5.97 Å². The fourth-order valence-corrected chi connectivity index (χ4v) is 5.33. The minimum atomic E-state index is -3.80. The van der Waals surface area contributed by atoms with Crippen LogP contribution in [0.1, 0.15) is 17.3 Å². The van der Waals surface area contributed by atoms with E-state index in [1.165, 1.54) is 23.5 Å². The Kier molecular flexibility index (Phi) is 6.34. The van der Waals surface area contributed by atoms with E-state index in [1.807, 2.05) is 35.1 Å². The molecule has 0 bridgehead atoms. The summed E-state index contributed by atoms with van der Waals surface area (Å²) >= 11 is 1.26. The number of sulfonamides is 1. The summed E-state index contributed by atoms with van der Waals surface area (Å²) in [5, 5.41) is 1.87. The molecule has 0 N–H and O–H groups in total. The lowest BCUT2D eigenvalue weighted by Gasteiger charge is -2.08. The highest BCUT2D eigenvalue weighted by atomic mass is 32.2. The van der Waals surface area contributed by atoms with Crippen molar-refractivity contribution in [1.82, 2.24) is 4.57 Å². The predicted molar refractivity (Wildman–Crippen MR) is 124 cm³/mol. The summed E-state index contributed by atoms with van der Waals surface area (Å²) in [5.41, 5.74) is 2.17. The summed E-state index contributed by atoms with van der Waals surface area (Å²) in [5.74, 6) is 0.00200. The third-order valence-corrected chi connectivity index (χ3v) is 6.98. The van der Waals surface area contributed by atoms with E-state index in [-0.39, 0.29) is 4.90 Å². The molecule has 1 aromatic heterocycles. The summed E-state index contributed by atoms with van der Waals surface area (Å²) in [4.78, 5) is 12.8. The molecule has 0 aliphatic rings. The monoisotopic (exact) mass is 464 g/mol. The van der Waals surface area contributed by atoms with Crippen LogP contribution in [0.2, 0.25) is 0 Å². The number of thiazole rings is 1. The zero-order valence-corrected chi connectivity index (χ0v) is 18.8. The zero-order valence-electron chi connectivity index (χ0n) is 17.2. The molecule has 4 aromatic rings. The van der Waals surface area contributed by atoms with Gasteiger partial charge in [0.25, 0.3) is 10.0 Å². The van der Waals surface area contributed by atoms with E-state index in [0.717, 1.165) is 11.3 Å². The first-order chi connectivity index (χ1) is 15.5. The second kappa shape index (κ2) is 9.33. The lowest BCUT2D eigenvalue weighted by Crippen LogP contribution is -2.17. The van der Waals surface area contributed by atoms with Gasteiger partial charge in [-0.3, -0.25) is 0 Å². The lowest BCUT2D eigenvalue weighted by molar-refractivity contribution is 0.0734. The van der Waals surface area contributed by atoms with Crippen molar-refractivity contribution in [2.45, 2.75) is 18.4 Å². The van der Waals surface area contributed by atoms with E-state index < -0.39 is 16.0 Å². The second-order valence-electron chi connectivity index (χ2n) is 6.81. The summed E-state index contributed by atoms with van der Waals surface area (Å²) in [7, 11) is -3.80. The minimum Gasteiger partial charge on any atom is -0.423 e. The van der Waals surface area contributed by atoms with Gasteiger partial charge in [0.05, 0.1) is 16.2 Å². The summed E-state index contributed by atoms with van der Waals surface area (Å²) in [6.07, 6.45) is 0. The molecular formula is C24H20N2O4S2. The van der Waals surface area contributed by atoms with Gasteiger partial charge in [-0.15, -0.1) is 15.7 Å². The normalized spacial score (nSPS) is 12.0. The SMILES string of the molecule is CCn1c(-c2ccc(OC(=O)c3ccccc3)cc2)cs/c1=N/S(=O)(=O)c1ccccc1. The van der Waals surface area contributed by atoms with Gasteiger partial charge in [-0.25, -0.2) is 4.79 Å². The maximum absolute atomic E-state index is 12.7. The van der Waals surface area contributed by atoms with Crippen molar-refractivity contribution in [1.29, 1.82) is 0 Å². The van der Waals surface area contributed by atoms with Crippen molar-refractivity contribution in [3.05, 3.63) is 101 Å². The van der Waals surface area contributed by atoms with Crippen molar-refractivity contribution in [2.24, 2.45) is 4.40 Å². The van der Waals surface area contributed by atoms with Crippen LogP contribution in [0.5, 0.6) is 5.75 Å². The standard InChI is InChI=1S/C24H20N2O4S2/c1-2-26-22(17-31-24(26)25-32(28,29)21-11-7-4-8-12-21)18-13-15-20(16-14-18)30-23(27)19-9-5-3-6-10-19/h3-17H,2H2,1H3/b25-24+. The Labute approximate surface area is 190 Å². The third-order valence-electron chi connectivity index (χ3n) is 4.72. The van der Waals surface area contributed by atoms with Crippen LogP contribution in [-0.2, 0) is 16.6 Å². The Bertz CT molecular complexity index is 1390. The molecule has 0 unspecified atom stereocenters. The molecule has 32 heavy (non-hydrogen) atoms. The molecule has 0 fully saturated rings. The number of esters is 1. The predicted octanol–water partition coefficient (Wildman–Crippen LogP) is 4.75. The first kappa shape index (κ1) is 21.7. The molecule has 0 radical (unpaired) electrons. The maximum Gasteiger partial charge on any atom is 0.343 e. The van der Waals surface area contributed by atoms with Crippen molar-refractivity contribution >= 4 is 27.3 Å². The fourth-order valence-electron chi connectivity index (χ4n) is 3.12. The van der Waals surface area contributed by atoms with Crippen molar-refractivity contribution in [3.8, 4) is 17.0 Å². The number of hydrogen-bond acceptors (Lipinski definition) is 5. The molecule has 4 rings (SSSR count). The molecule has 8 heteroatoms. The van der Waals surface area contributed by atoms with Gasteiger partial charge in [-0.2, -0.15) is 8.42 Å². The molecule has 3 aromatic carbocycles. The average molecular weight is 465 g/mol. The molecular weight excluding hydrogens is 444 g/mol. The topological polar surface area (TPSA) is 77.7 Å². The van der Waals surface area contributed by atoms with Gasteiger partial charge in [0, 0.05) is 11.9 Å². The molecule has 0 amide bonds. The van der Waals surface area contributed by atoms with E-state index in [0.29, 0.717) is 22.7 Å². The number of carbonyl (C=O) groups is 1. The quantitative estimate of drug-likeness (QED) is 0.305. The van der Waals surface area contributed by atoms with Crippen LogP contribution in [0, 0.1) is 0 Å². The molecule has 0 saturated heterocycles. The highest BCUT2D eigenvalue weighted by molar-refractivity contribution is 7.90. The Morgan fingerprint density at radius 1 is 0.938 bits per heavy atom. The number of benzene rings is 3. The largest absolute Gasteiger partial charge is 0.423 e. The summed E-state index contributed by atoms with van der Waals surface area (Å²) in [6, 6.07) is 24.0. The molecule has 1 heterocycles. The van der Waals surface area contributed by atoms with Crippen LogP contribution in [-0.4, -0.2) is 19.0 Å². The number of ether oxygens (including phenoxy) is 1. The molecule has 0 aliphatic carbocycles. The van der Waals surface area contributed by atoms with Gasteiger partial charge < -0.3 is 9.30 Å². The van der Waals surface area contributed by atoms with Crippen LogP contribution in [0.3, 0.4) is 0 Å². The van der Waals surface area contributed by atoms with Crippen LogP contribution in [0.25, 0.3) is 11.3 Å². The highest BCUT2D eigenvalue weighted by Gasteiger charge is 2.14. The van der Waals surface area contributed by atoms with Crippen LogP contribution in [0.15, 0.2) is 99.6 Å². The third kappa shape index (κ3) is 4.71. The Balaban J connectivity index is 1.61.